The van der Waals surface area contributed by atoms with Gasteiger partial charge in [0.2, 0.25) is 0 Å². The van der Waals surface area contributed by atoms with Gasteiger partial charge in [0.05, 0.1) is 24.0 Å². The largest absolute Gasteiger partial charge is 0.492 e. The minimum atomic E-state index is -0.290. The van der Waals surface area contributed by atoms with E-state index in [0.717, 1.165) is 33.8 Å². The smallest absolute Gasteiger partial charge is 0.254 e. The molecule has 0 N–H and O–H groups in total. The van der Waals surface area contributed by atoms with Crippen LogP contribution in [0.2, 0.25) is 0 Å². The summed E-state index contributed by atoms with van der Waals surface area (Å²) < 4.78 is 9.54. The Labute approximate surface area is 222 Å². The van der Waals surface area contributed by atoms with E-state index in [1.807, 2.05) is 62.8 Å². The number of nitriles is 1. The van der Waals surface area contributed by atoms with E-state index in [1.165, 1.54) is 6.20 Å². The molecule has 0 radical (unpaired) electrons. The number of aromatic nitrogens is 5. The first-order chi connectivity index (χ1) is 18.3. The van der Waals surface area contributed by atoms with Gasteiger partial charge in [-0.3, -0.25) is 14.5 Å². The van der Waals surface area contributed by atoms with Crippen LogP contribution in [0.25, 0.3) is 11.3 Å². The number of rotatable bonds is 7. The molecule has 3 aromatic heterocycles. The molecule has 4 heterocycles. The highest BCUT2D eigenvalue weighted by molar-refractivity contribution is 5.99. The van der Waals surface area contributed by atoms with Crippen molar-refractivity contribution in [1.82, 2.24) is 29.2 Å². The van der Waals surface area contributed by atoms with E-state index in [1.54, 1.807) is 12.3 Å². The summed E-state index contributed by atoms with van der Waals surface area (Å²) in [5.41, 5.74) is 6.78. The molecule has 4 aromatic rings. The van der Waals surface area contributed by atoms with Gasteiger partial charge in [0.15, 0.2) is 0 Å². The molecular formula is C29H31N7O2. The summed E-state index contributed by atoms with van der Waals surface area (Å²) in [6.45, 7) is 9.46. The predicted molar refractivity (Wildman–Crippen MR) is 143 cm³/mol. The minimum Gasteiger partial charge on any atom is -0.492 e. The van der Waals surface area contributed by atoms with Crippen LogP contribution in [0.5, 0.6) is 5.75 Å². The second-order valence-corrected chi connectivity index (χ2v) is 9.68. The Morgan fingerprint density at radius 3 is 2.63 bits per heavy atom. The van der Waals surface area contributed by atoms with Crippen LogP contribution >= 0.6 is 0 Å². The fraction of sp³-hybridized carbons (Fsp3) is 0.345. The molecule has 0 aliphatic carbocycles. The number of benzene rings is 1. The highest BCUT2D eigenvalue weighted by Crippen LogP contribution is 2.36. The van der Waals surface area contributed by atoms with Crippen molar-refractivity contribution in [2.24, 2.45) is 7.05 Å². The van der Waals surface area contributed by atoms with E-state index in [-0.39, 0.29) is 11.9 Å². The van der Waals surface area contributed by atoms with Crippen molar-refractivity contribution in [3.63, 3.8) is 0 Å². The monoisotopic (exact) mass is 509 g/mol. The molecule has 1 aliphatic rings. The Bertz CT molecular complexity index is 1560. The third-order valence-corrected chi connectivity index (χ3v) is 7.15. The molecule has 1 amide bonds. The molecule has 0 saturated carbocycles. The van der Waals surface area contributed by atoms with Gasteiger partial charge in [-0.05, 0) is 62.9 Å². The molecule has 0 fully saturated rings. The highest BCUT2D eigenvalue weighted by Gasteiger charge is 2.32. The number of nitrogens with zero attached hydrogens (tertiary/aromatic N) is 7. The first kappa shape index (κ1) is 25.2. The Morgan fingerprint density at radius 2 is 1.97 bits per heavy atom. The molecule has 1 aromatic carbocycles. The molecule has 5 rings (SSSR count). The number of hydrogen-bond acceptors (Lipinski definition) is 6. The second kappa shape index (κ2) is 10.1. The molecule has 1 atom stereocenters. The summed E-state index contributed by atoms with van der Waals surface area (Å²) in [7, 11) is 1.91. The van der Waals surface area contributed by atoms with Crippen LogP contribution in [0.4, 0.5) is 0 Å². The van der Waals surface area contributed by atoms with Gasteiger partial charge < -0.3 is 14.2 Å². The number of carbonyl (C=O) groups is 1. The van der Waals surface area contributed by atoms with Gasteiger partial charge in [0.1, 0.15) is 23.2 Å². The van der Waals surface area contributed by atoms with Crippen LogP contribution < -0.4 is 4.74 Å². The number of hydrogen-bond donors (Lipinski definition) is 0. The van der Waals surface area contributed by atoms with Crippen molar-refractivity contribution in [2.45, 2.75) is 46.7 Å². The lowest BCUT2D eigenvalue weighted by Crippen LogP contribution is -2.40. The topological polar surface area (TPSA) is 102 Å². The number of ether oxygens (including phenoxy) is 1. The fourth-order valence-electron chi connectivity index (χ4n) is 5.19. The van der Waals surface area contributed by atoms with Gasteiger partial charge in [0, 0.05) is 62.1 Å². The van der Waals surface area contributed by atoms with Crippen molar-refractivity contribution in [2.75, 3.05) is 13.2 Å². The number of pyridine rings is 1. The zero-order valence-electron chi connectivity index (χ0n) is 22.4. The number of aryl methyl sites for hydroxylation is 3. The first-order valence-corrected chi connectivity index (χ1v) is 12.8. The lowest BCUT2D eigenvalue weighted by atomic mass is 9.88. The van der Waals surface area contributed by atoms with Crippen LogP contribution in [0.3, 0.4) is 0 Å². The average Bonchev–Trinajstić information content (AvgIpc) is 3.47. The van der Waals surface area contributed by atoms with Crippen LogP contribution in [0, 0.1) is 25.2 Å². The number of imidazole rings is 1. The van der Waals surface area contributed by atoms with Crippen molar-refractivity contribution in [3.05, 3.63) is 82.3 Å². The van der Waals surface area contributed by atoms with Gasteiger partial charge in [-0.2, -0.15) is 10.4 Å². The fourth-order valence-corrected chi connectivity index (χ4v) is 5.19. The lowest BCUT2D eigenvalue weighted by Gasteiger charge is -2.34. The van der Waals surface area contributed by atoms with Crippen molar-refractivity contribution in [1.29, 1.82) is 5.26 Å². The van der Waals surface area contributed by atoms with E-state index >= 15 is 0 Å². The van der Waals surface area contributed by atoms with Crippen LogP contribution in [0.15, 0.2) is 43.0 Å². The molecule has 194 valence electrons. The molecule has 0 bridgehead atoms. The van der Waals surface area contributed by atoms with E-state index < -0.39 is 0 Å². The normalized spacial score (nSPS) is 13.8. The summed E-state index contributed by atoms with van der Waals surface area (Å²) >= 11 is 0. The Hall–Kier alpha value is -4.45. The average molecular weight is 510 g/mol. The SMILES string of the molecule is CCOc1cc([C@H](C)N2CCc3c(cc(Cn4ccnc4C)cc3-c3nn(C)cc3C)C2=O)ncc1C#N. The molecule has 0 saturated heterocycles. The molecule has 0 unspecified atom stereocenters. The Kier molecular flexibility index (Phi) is 6.72. The van der Waals surface area contributed by atoms with E-state index in [9.17, 15) is 10.1 Å². The first-order valence-electron chi connectivity index (χ1n) is 12.8. The van der Waals surface area contributed by atoms with Crippen LogP contribution in [-0.4, -0.2) is 48.3 Å². The molecule has 9 heteroatoms. The van der Waals surface area contributed by atoms with Gasteiger partial charge in [0.25, 0.3) is 5.91 Å². The second-order valence-electron chi connectivity index (χ2n) is 9.68. The third kappa shape index (κ3) is 4.54. The van der Waals surface area contributed by atoms with Crippen LogP contribution in [-0.2, 0) is 20.0 Å². The summed E-state index contributed by atoms with van der Waals surface area (Å²) in [6, 6.07) is 7.78. The lowest BCUT2D eigenvalue weighted by molar-refractivity contribution is 0.0669. The summed E-state index contributed by atoms with van der Waals surface area (Å²) in [4.78, 5) is 24.7. The van der Waals surface area contributed by atoms with E-state index in [2.05, 4.69) is 26.7 Å². The van der Waals surface area contributed by atoms with Crippen molar-refractivity contribution < 1.29 is 9.53 Å². The molecule has 38 heavy (non-hydrogen) atoms. The number of amides is 1. The number of carbonyl (C=O) groups excluding carboxylic acids is 1. The Balaban J connectivity index is 1.56. The van der Waals surface area contributed by atoms with Crippen molar-refractivity contribution >= 4 is 5.91 Å². The van der Waals surface area contributed by atoms with E-state index in [4.69, 9.17) is 9.84 Å². The molecule has 9 nitrogen and oxygen atoms in total. The van der Waals surface area contributed by atoms with Crippen molar-refractivity contribution in [3.8, 4) is 23.1 Å². The standard InChI is InChI=1S/C29H31N7O2/c1-6-38-27-13-26(32-15-22(27)14-30)19(3)36-9-7-23-24(28-18(2)16-34(5)33-28)11-21(12-25(23)29(36)37)17-35-10-8-31-20(35)4/h8,10-13,15-16,19H,6-7,9,17H2,1-5H3/t19-/m0/s1. The minimum absolute atomic E-state index is 0.0399. The number of fused-ring (bicyclic) bond motifs is 1. The predicted octanol–water partition coefficient (Wildman–Crippen LogP) is 4.37. The molecular weight excluding hydrogens is 478 g/mol. The summed E-state index contributed by atoms with van der Waals surface area (Å²) in [5, 5.41) is 14.1. The summed E-state index contributed by atoms with van der Waals surface area (Å²) in [6.07, 6.45) is 7.96. The Morgan fingerprint density at radius 1 is 1.18 bits per heavy atom. The maximum atomic E-state index is 14.0. The zero-order valence-corrected chi connectivity index (χ0v) is 22.4. The van der Waals surface area contributed by atoms with Gasteiger partial charge in [-0.15, -0.1) is 0 Å². The highest BCUT2D eigenvalue weighted by atomic mass is 16.5. The quantitative estimate of drug-likeness (QED) is 0.367. The van der Waals surface area contributed by atoms with Gasteiger partial charge in [-0.1, -0.05) is 0 Å². The molecule has 1 aliphatic heterocycles. The molecule has 0 spiro atoms. The zero-order chi connectivity index (χ0) is 27.0. The maximum absolute atomic E-state index is 14.0. The van der Waals surface area contributed by atoms with Gasteiger partial charge >= 0.3 is 0 Å². The third-order valence-electron chi connectivity index (χ3n) is 7.15. The van der Waals surface area contributed by atoms with Gasteiger partial charge in [-0.25, -0.2) is 4.98 Å². The summed E-state index contributed by atoms with van der Waals surface area (Å²) in [5.74, 6) is 1.36. The maximum Gasteiger partial charge on any atom is 0.254 e. The van der Waals surface area contributed by atoms with E-state index in [0.29, 0.717) is 48.7 Å². The van der Waals surface area contributed by atoms with Crippen LogP contribution in [0.1, 0.15) is 64.0 Å².